The van der Waals surface area contributed by atoms with Crippen LogP contribution in [0.1, 0.15) is 43.6 Å². The molecule has 8 heteroatoms. The Labute approximate surface area is 191 Å². The van der Waals surface area contributed by atoms with E-state index < -0.39 is 11.9 Å². The third-order valence-electron chi connectivity index (χ3n) is 4.30. The van der Waals surface area contributed by atoms with Crippen LogP contribution in [0, 0.1) is 5.92 Å². The Morgan fingerprint density at radius 3 is 2.32 bits per heavy atom. The summed E-state index contributed by atoms with van der Waals surface area (Å²) in [6.07, 6.45) is 1.52. The Kier molecular flexibility index (Phi) is 9.05. The number of hydrogen-bond donors (Lipinski definition) is 2. The van der Waals surface area contributed by atoms with Crippen molar-refractivity contribution in [2.24, 2.45) is 11.0 Å². The van der Waals surface area contributed by atoms with Crippen LogP contribution >= 0.6 is 15.9 Å². The van der Waals surface area contributed by atoms with Crippen LogP contribution in [0.25, 0.3) is 0 Å². The van der Waals surface area contributed by atoms with E-state index in [0.717, 1.165) is 4.47 Å². The van der Waals surface area contributed by atoms with E-state index >= 15 is 0 Å². The van der Waals surface area contributed by atoms with Gasteiger partial charge in [0.1, 0.15) is 17.5 Å². The molecule has 2 aromatic carbocycles. The van der Waals surface area contributed by atoms with Crippen molar-refractivity contribution in [1.29, 1.82) is 0 Å². The van der Waals surface area contributed by atoms with Gasteiger partial charge in [-0.25, -0.2) is 5.43 Å². The van der Waals surface area contributed by atoms with Crippen LogP contribution < -0.4 is 20.2 Å². The highest BCUT2D eigenvalue weighted by atomic mass is 79.9. The topological polar surface area (TPSA) is 89.0 Å². The lowest BCUT2D eigenvalue weighted by molar-refractivity contribution is -0.123. The third kappa shape index (κ3) is 7.40. The number of halogens is 1. The van der Waals surface area contributed by atoms with E-state index in [0.29, 0.717) is 22.6 Å². The normalized spacial score (nSPS) is 12.1. The van der Waals surface area contributed by atoms with Gasteiger partial charge in [-0.2, -0.15) is 5.10 Å². The number of carbonyl (C=O) groups excluding carboxylic acids is 2. The second-order valence-electron chi connectivity index (χ2n) is 7.51. The molecule has 0 spiro atoms. The molecule has 0 fully saturated rings. The van der Waals surface area contributed by atoms with E-state index in [9.17, 15) is 9.59 Å². The summed E-state index contributed by atoms with van der Waals surface area (Å²) in [5, 5.41) is 6.83. The number of rotatable bonds is 9. The highest BCUT2D eigenvalue weighted by Crippen LogP contribution is 2.22. The van der Waals surface area contributed by atoms with Gasteiger partial charge in [0, 0.05) is 15.6 Å². The minimum atomic E-state index is -0.749. The third-order valence-corrected chi connectivity index (χ3v) is 4.79. The molecule has 1 atom stereocenters. The molecule has 0 aliphatic carbocycles. The van der Waals surface area contributed by atoms with Gasteiger partial charge in [-0.3, -0.25) is 9.59 Å². The molecule has 2 N–H and O–H groups in total. The maximum absolute atomic E-state index is 12.7. The zero-order chi connectivity index (χ0) is 23.0. The van der Waals surface area contributed by atoms with Gasteiger partial charge in [-0.15, -0.1) is 0 Å². The van der Waals surface area contributed by atoms with Crippen LogP contribution in [0.2, 0.25) is 0 Å². The summed E-state index contributed by atoms with van der Waals surface area (Å²) in [4.78, 5) is 25.2. The van der Waals surface area contributed by atoms with Gasteiger partial charge < -0.3 is 14.8 Å². The number of ether oxygens (including phenoxy) is 2. The molecule has 1 unspecified atom stereocenters. The van der Waals surface area contributed by atoms with Gasteiger partial charge in [-0.05, 0) is 62.2 Å². The Morgan fingerprint density at radius 1 is 1.06 bits per heavy atom. The summed E-state index contributed by atoms with van der Waals surface area (Å²) in [7, 11) is 1.56. The molecular weight excluding hydrogens is 462 g/mol. The highest BCUT2D eigenvalue weighted by molar-refractivity contribution is 9.10. The maximum Gasteiger partial charge on any atom is 0.262 e. The van der Waals surface area contributed by atoms with E-state index in [1.54, 1.807) is 31.4 Å². The van der Waals surface area contributed by atoms with Crippen molar-refractivity contribution in [3.63, 3.8) is 0 Å². The molecule has 2 amide bonds. The zero-order valence-electron chi connectivity index (χ0n) is 18.3. The van der Waals surface area contributed by atoms with Crippen molar-refractivity contribution in [1.82, 2.24) is 10.7 Å². The maximum atomic E-state index is 12.7. The average molecular weight is 490 g/mol. The fraction of sp³-hybridized carbons (Fsp3) is 0.348. The van der Waals surface area contributed by atoms with Crippen LogP contribution in [0.4, 0.5) is 0 Å². The molecule has 0 aliphatic rings. The molecule has 0 bridgehead atoms. The lowest BCUT2D eigenvalue weighted by Gasteiger charge is -2.20. The first-order valence-corrected chi connectivity index (χ1v) is 10.7. The first-order valence-electron chi connectivity index (χ1n) is 9.95. The molecule has 0 heterocycles. The van der Waals surface area contributed by atoms with Gasteiger partial charge in [0.25, 0.3) is 11.8 Å². The summed E-state index contributed by atoms with van der Waals surface area (Å²) in [6, 6.07) is 11.5. The molecule has 166 valence electrons. The minimum absolute atomic E-state index is 0.00130. The fourth-order valence-electron chi connectivity index (χ4n) is 2.72. The predicted molar refractivity (Wildman–Crippen MR) is 125 cm³/mol. The number of methoxy groups -OCH3 is 1. The monoisotopic (exact) mass is 489 g/mol. The van der Waals surface area contributed by atoms with E-state index in [4.69, 9.17) is 9.47 Å². The van der Waals surface area contributed by atoms with Crippen LogP contribution in [-0.4, -0.2) is 37.3 Å². The molecule has 2 rings (SSSR count). The SMILES string of the molecule is COc1ccc(C(=O)NC(C(=O)NN=Cc2cc(Br)ccc2OC(C)C)C(C)C)cc1. The molecule has 0 saturated carbocycles. The predicted octanol–water partition coefficient (Wildman–Crippen LogP) is 4.15. The number of amides is 2. The summed E-state index contributed by atoms with van der Waals surface area (Å²) in [5.41, 5.74) is 3.66. The van der Waals surface area contributed by atoms with Crippen molar-refractivity contribution < 1.29 is 19.1 Å². The molecule has 0 saturated heterocycles. The summed E-state index contributed by atoms with van der Waals surface area (Å²) in [5.74, 6) is 0.416. The van der Waals surface area contributed by atoms with E-state index in [1.807, 2.05) is 45.9 Å². The fourth-order valence-corrected chi connectivity index (χ4v) is 3.10. The van der Waals surface area contributed by atoms with Crippen molar-refractivity contribution in [3.05, 3.63) is 58.1 Å². The van der Waals surface area contributed by atoms with Crippen LogP contribution in [0.15, 0.2) is 52.0 Å². The summed E-state index contributed by atoms with van der Waals surface area (Å²) < 4.78 is 11.7. The highest BCUT2D eigenvalue weighted by Gasteiger charge is 2.24. The molecular formula is C23H28BrN3O4. The summed E-state index contributed by atoms with van der Waals surface area (Å²) in [6.45, 7) is 7.57. The lowest BCUT2D eigenvalue weighted by Crippen LogP contribution is -2.48. The molecule has 31 heavy (non-hydrogen) atoms. The summed E-state index contributed by atoms with van der Waals surface area (Å²) >= 11 is 3.42. The zero-order valence-corrected chi connectivity index (χ0v) is 19.9. The van der Waals surface area contributed by atoms with Crippen LogP contribution in [0.5, 0.6) is 11.5 Å². The van der Waals surface area contributed by atoms with Gasteiger partial charge in [0.2, 0.25) is 0 Å². The second-order valence-corrected chi connectivity index (χ2v) is 8.42. The second kappa shape index (κ2) is 11.5. The van der Waals surface area contributed by atoms with Crippen molar-refractivity contribution in [2.75, 3.05) is 7.11 Å². The number of hydrogen-bond acceptors (Lipinski definition) is 5. The standard InChI is InChI=1S/C23H28BrN3O4/c1-14(2)21(26-22(28)16-6-9-19(30-5)10-7-16)23(29)27-25-13-17-12-18(24)8-11-20(17)31-15(3)4/h6-15,21H,1-5H3,(H,26,28)(H,27,29). The first-order chi connectivity index (χ1) is 14.7. The number of benzene rings is 2. The number of nitrogens with one attached hydrogen (secondary N) is 2. The molecule has 0 aromatic heterocycles. The first kappa shape index (κ1) is 24.4. The van der Waals surface area contributed by atoms with Crippen LogP contribution in [-0.2, 0) is 4.79 Å². The molecule has 0 aliphatic heterocycles. The largest absolute Gasteiger partial charge is 0.497 e. The van der Waals surface area contributed by atoms with E-state index in [2.05, 4.69) is 31.8 Å². The Hall–Kier alpha value is -2.87. The van der Waals surface area contributed by atoms with E-state index in [1.165, 1.54) is 6.21 Å². The number of hydrazone groups is 1. The number of carbonyl (C=O) groups is 2. The van der Waals surface area contributed by atoms with Gasteiger partial charge in [-0.1, -0.05) is 29.8 Å². The van der Waals surface area contributed by atoms with Gasteiger partial charge in [0.15, 0.2) is 0 Å². The smallest absolute Gasteiger partial charge is 0.262 e. The van der Waals surface area contributed by atoms with E-state index in [-0.39, 0.29) is 17.9 Å². The van der Waals surface area contributed by atoms with Gasteiger partial charge in [0.05, 0.1) is 19.4 Å². The number of nitrogens with zero attached hydrogens (tertiary/aromatic N) is 1. The van der Waals surface area contributed by atoms with Crippen molar-refractivity contribution >= 4 is 34.0 Å². The molecule has 0 radical (unpaired) electrons. The molecule has 7 nitrogen and oxygen atoms in total. The minimum Gasteiger partial charge on any atom is -0.497 e. The quantitative estimate of drug-likeness (QED) is 0.408. The lowest BCUT2D eigenvalue weighted by atomic mass is 10.0. The van der Waals surface area contributed by atoms with Crippen molar-refractivity contribution in [3.8, 4) is 11.5 Å². The Balaban J connectivity index is 2.07. The molecule has 2 aromatic rings. The van der Waals surface area contributed by atoms with Crippen molar-refractivity contribution in [2.45, 2.75) is 39.8 Å². The van der Waals surface area contributed by atoms with Gasteiger partial charge >= 0.3 is 0 Å². The Morgan fingerprint density at radius 2 is 1.74 bits per heavy atom. The van der Waals surface area contributed by atoms with Crippen LogP contribution in [0.3, 0.4) is 0 Å². The Bertz CT molecular complexity index is 927. The average Bonchev–Trinajstić information content (AvgIpc) is 2.73.